The first kappa shape index (κ1) is 14.1. The van der Waals surface area contributed by atoms with Crippen LogP contribution in [0.1, 0.15) is 18.4 Å². The highest BCUT2D eigenvalue weighted by Gasteiger charge is 2.08. The fraction of sp³-hybridized carbons (Fsp3) is 0.462. The average molecular weight is 253 g/mol. The lowest BCUT2D eigenvalue weighted by molar-refractivity contribution is -0.130. The summed E-state index contributed by atoms with van der Waals surface area (Å²) in [5, 5.41) is 8.67. The molecule has 0 fully saturated rings. The third kappa shape index (κ3) is 4.79. The van der Waals surface area contributed by atoms with Crippen molar-refractivity contribution in [1.29, 1.82) is 0 Å². The lowest BCUT2D eigenvalue weighted by atomic mass is 10.2. The predicted octanol–water partition coefficient (Wildman–Crippen LogP) is 2.14. The largest absolute Gasteiger partial charge is 0.396 e. The summed E-state index contributed by atoms with van der Waals surface area (Å²) in [6, 6.07) is 8.21. The Balaban J connectivity index is 2.49. The van der Waals surface area contributed by atoms with Gasteiger partial charge in [-0.15, -0.1) is 11.8 Å². The van der Waals surface area contributed by atoms with Crippen molar-refractivity contribution >= 4 is 17.7 Å². The molecule has 0 heterocycles. The van der Waals surface area contributed by atoms with Gasteiger partial charge in [0.25, 0.3) is 0 Å². The van der Waals surface area contributed by atoms with Crippen LogP contribution in [0.5, 0.6) is 0 Å². The number of amides is 1. The van der Waals surface area contributed by atoms with Crippen LogP contribution in [0.2, 0.25) is 0 Å². The molecular formula is C13H19NO2S. The second-order valence-electron chi connectivity index (χ2n) is 3.93. The van der Waals surface area contributed by atoms with Gasteiger partial charge in [-0.05, 0) is 30.4 Å². The summed E-state index contributed by atoms with van der Waals surface area (Å²) < 4.78 is 0. The van der Waals surface area contributed by atoms with Gasteiger partial charge in [0.1, 0.15) is 0 Å². The highest BCUT2D eigenvalue weighted by atomic mass is 32.2. The molecule has 0 aliphatic heterocycles. The Hall–Kier alpha value is -1.00. The Kier molecular flexibility index (Phi) is 6.08. The summed E-state index contributed by atoms with van der Waals surface area (Å²) in [6.07, 6.45) is 2.99. The van der Waals surface area contributed by atoms with E-state index in [0.717, 1.165) is 5.56 Å². The van der Waals surface area contributed by atoms with E-state index in [9.17, 15) is 4.79 Å². The molecule has 1 aromatic rings. The number of carbonyl (C=O) groups excluding carboxylic acids is 1. The van der Waals surface area contributed by atoms with E-state index in [1.54, 1.807) is 23.7 Å². The molecule has 0 aromatic heterocycles. The van der Waals surface area contributed by atoms with Crippen LogP contribution in [-0.4, -0.2) is 35.8 Å². The molecule has 0 aliphatic rings. The van der Waals surface area contributed by atoms with Crippen LogP contribution in [0.4, 0.5) is 0 Å². The molecule has 0 radical (unpaired) electrons. The van der Waals surface area contributed by atoms with Gasteiger partial charge in [-0.2, -0.15) is 0 Å². The van der Waals surface area contributed by atoms with Gasteiger partial charge in [0, 0.05) is 31.5 Å². The van der Waals surface area contributed by atoms with Crippen molar-refractivity contribution in [1.82, 2.24) is 4.90 Å². The molecule has 0 spiro atoms. The summed E-state index contributed by atoms with van der Waals surface area (Å²) in [5.74, 6) is 0.0768. The van der Waals surface area contributed by atoms with Crippen LogP contribution in [0, 0.1) is 0 Å². The van der Waals surface area contributed by atoms with Gasteiger partial charge in [-0.1, -0.05) is 12.1 Å². The maximum atomic E-state index is 11.6. The van der Waals surface area contributed by atoms with E-state index < -0.39 is 0 Å². The number of aliphatic hydroxyl groups is 1. The van der Waals surface area contributed by atoms with Gasteiger partial charge in [-0.3, -0.25) is 4.79 Å². The van der Waals surface area contributed by atoms with Crippen LogP contribution in [0.25, 0.3) is 0 Å². The first-order valence-corrected chi connectivity index (χ1v) is 6.87. The van der Waals surface area contributed by atoms with Gasteiger partial charge in [0.05, 0.1) is 0 Å². The Morgan fingerprint density at radius 2 is 2.00 bits per heavy atom. The van der Waals surface area contributed by atoms with E-state index >= 15 is 0 Å². The van der Waals surface area contributed by atoms with Gasteiger partial charge in [0.2, 0.25) is 5.91 Å². The maximum Gasteiger partial charge on any atom is 0.222 e. The van der Waals surface area contributed by atoms with Crippen molar-refractivity contribution in [3.8, 4) is 0 Å². The Labute approximate surface area is 107 Å². The Bertz CT molecular complexity index is 351. The van der Waals surface area contributed by atoms with Gasteiger partial charge in [0.15, 0.2) is 0 Å². The minimum absolute atomic E-state index is 0.0714. The average Bonchev–Trinajstić information content (AvgIpc) is 2.36. The quantitative estimate of drug-likeness (QED) is 0.790. The van der Waals surface area contributed by atoms with Crippen molar-refractivity contribution in [3.63, 3.8) is 0 Å². The van der Waals surface area contributed by atoms with E-state index in [-0.39, 0.29) is 12.5 Å². The van der Waals surface area contributed by atoms with E-state index in [0.29, 0.717) is 19.4 Å². The number of rotatable bonds is 6. The number of hydrogen-bond donors (Lipinski definition) is 1. The van der Waals surface area contributed by atoms with E-state index in [2.05, 4.69) is 12.1 Å². The predicted molar refractivity (Wildman–Crippen MR) is 71.0 cm³/mol. The molecule has 0 bridgehead atoms. The normalized spacial score (nSPS) is 10.3. The zero-order valence-corrected chi connectivity index (χ0v) is 11.2. The van der Waals surface area contributed by atoms with Crippen molar-refractivity contribution in [3.05, 3.63) is 29.8 Å². The Morgan fingerprint density at radius 3 is 2.53 bits per heavy atom. The molecule has 1 rings (SSSR count). The molecular weight excluding hydrogens is 234 g/mol. The smallest absolute Gasteiger partial charge is 0.222 e. The van der Waals surface area contributed by atoms with Crippen molar-refractivity contribution < 1.29 is 9.90 Å². The monoisotopic (exact) mass is 253 g/mol. The second-order valence-corrected chi connectivity index (χ2v) is 4.80. The highest BCUT2D eigenvalue weighted by Crippen LogP contribution is 2.15. The molecule has 0 unspecified atom stereocenters. The number of hydrogen-bond acceptors (Lipinski definition) is 3. The first-order valence-electron chi connectivity index (χ1n) is 5.65. The third-order valence-electron chi connectivity index (χ3n) is 2.55. The van der Waals surface area contributed by atoms with Crippen LogP contribution in [0.3, 0.4) is 0 Å². The molecule has 94 valence electrons. The molecule has 1 N–H and O–H groups in total. The molecule has 0 saturated carbocycles. The highest BCUT2D eigenvalue weighted by molar-refractivity contribution is 7.98. The standard InChI is InChI=1S/C13H19NO2S/c1-14(13(16)4-3-9-15)10-11-5-7-12(17-2)8-6-11/h5-8,15H,3-4,9-10H2,1-2H3. The summed E-state index contributed by atoms with van der Waals surface area (Å²) in [4.78, 5) is 14.6. The third-order valence-corrected chi connectivity index (χ3v) is 3.30. The fourth-order valence-corrected chi connectivity index (χ4v) is 1.92. The second kappa shape index (κ2) is 7.35. The van der Waals surface area contributed by atoms with Crippen LogP contribution in [0.15, 0.2) is 29.2 Å². The number of carbonyl (C=O) groups is 1. The minimum atomic E-state index is 0.0714. The van der Waals surface area contributed by atoms with Crippen LogP contribution >= 0.6 is 11.8 Å². The van der Waals surface area contributed by atoms with Gasteiger partial charge in [-0.25, -0.2) is 0 Å². The molecule has 1 aromatic carbocycles. The topological polar surface area (TPSA) is 40.5 Å². The van der Waals surface area contributed by atoms with E-state index in [1.165, 1.54) is 4.90 Å². The summed E-state index contributed by atoms with van der Waals surface area (Å²) >= 11 is 1.71. The number of benzene rings is 1. The SMILES string of the molecule is CSc1ccc(CN(C)C(=O)CCCO)cc1. The van der Waals surface area contributed by atoms with E-state index in [4.69, 9.17) is 5.11 Å². The summed E-state index contributed by atoms with van der Waals surface area (Å²) in [7, 11) is 1.79. The lowest BCUT2D eigenvalue weighted by Crippen LogP contribution is -2.26. The zero-order chi connectivity index (χ0) is 12.7. The van der Waals surface area contributed by atoms with Gasteiger partial charge < -0.3 is 10.0 Å². The van der Waals surface area contributed by atoms with Gasteiger partial charge >= 0.3 is 0 Å². The fourth-order valence-electron chi connectivity index (χ4n) is 1.51. The molecule has 17 heavy (non-hydrogen) atoms. The molecule has 0 aliphatic carbocycles. The summed E-state index contributed by atoms with van der Waals surface area (Å²) in [6.45, 7) is 0.695. The lowest BCUT2D eigenvalue weighted by Gasteiger charge is -2.17. The minimum Gasteiger partial charge on any atom is -0.396 e. The number of thioether (sulfide) groups is 1. The molecule has 0 atom stereocenters. The van der Waals surface area contributed by atoms with Crippen LogP contribution < -0.4 is 0 Å². The molecule has 0 saturated heterocycles. The van der Waals surface area contributed by atoms with E-state index in [1.807, 2.05) is 18.4 Å². The zero-order valence-electron chi connectivity index (χ0n) is 10.3. The summed E-state index contributed by atoms with van der Waals surface area (Å²) in [5.41, 5.74) is 1.13. The Morgan fingerprint density at radius 1 is 1.35 bits per heavy atom. The molecule has 4 heteroatoms. The molecule has 3 nitrogen and oxygen atoms in total. The van der Waals surface area contributed by atoms with Crippen molar-refractivity contribution in [2.75, 3.05) is 19.9 Å². The van der Waals surface area contributed by atoms with Crippen LogP contribution in [-0.2, 0) is 11.3 Å². The number of nitrogens with zero attached hydrogens (tertiary/aromatic N) is 1. The maximum absolute atomic E-state index is 11.6. The van der Waals surface area contributed by atoms with Crippen molar-refractivity contribution in [2.45, 2.75) is 24.3 Å². The van der Waals surface area contributed by atoms with Crippen molar-refractivity contribution in [2.24, 2.45) is 0 Å². The first-order chi connectivity index (χ1) is 8.17. The molecule has 1 amide bonds. The number of aliphatic hydroxyl groups excluding tert-OH is 1.